The summed E-state index contributed by atoms with van der Waals surface area (Å²) in [4.78, 5) is 8.58. The summed E-state index contributed by atoms with van der Waals surface area (Å²) >= 11 is 0. The first-order valence-corrected chi connectivity index (χ1v) is 8.46. The van der Waals surface area contributed by atoms with Crippen molar-refractivity contribution in [2.24, 2.45) is 0 Å². The second-order valence-electron chi connectivity index (χ2n) is 6.04. The molecule has 138 valence electrons. The summed E-state index contributed by atoms with van der Waals surface area (Å²) in [7, 11) is 3.14. The Kier molecular flexibility index (Phi) is 4.52. The molecule has 0 saturated carbocycles. The number of hydrogen-bond acceptors (Lipinski definition) is 7. The summed E-state index contributed by atoms with van der Waals surface area (Å²) in [6, 6.07) is 13.0. The SMILES string of the molecule is COc1cc(OC)cc(C(O)CNc2ncnc3c2oc2ccccc23)c1. The molecular formula is C20H19N3O4. The number of rotatable bonds is 6. The predicted molar refractivity (Wildman–Crippen MR) is 102 cm³/mol. The molecule has 0 amide bonds. The van der Waals surface area contributed by atoms with E-state index < -0.39 is 6.10 Å². The third kappa shape index (κ3) is 3.24. The molecule has 2 aromatic carbocycles. The highest BCUT2D eigenvalue weighted by molar-refractivity contribution is 6.05. The van der Waals surface area contributed by atoms with Crippen LogP contribution in [-0.4, -0.2) is 35.8 Å². The van der Waals surface area contributed by atoms with E-state index in [1.165, 1.54) is 6.33 Å². The largest absolute Gasteiger partial charge is 0.497 e. The van der Waals surface area contributed by atoms with Crippen molar-refractivity contribution in [3.63, 3.8) is 0 Å². The van der Waals surface area contributed by atoms with Gasteiger partial charge in [-0.05, 0) is 29.8 Å². The number of nitrogens with zero attached hydrogens (tertiary/aromatic N) is 2. The van der Waals surface area contributed by atoms with E-state index in [4.69, 9.17) is 13.9 Å². The van der Waals surface area contributed by atoms with Gasteiger partial charge in [-0.15, -0.1) is 0 Å². The van der Waals surface area contributed by atoms with E-state index in [0.29, 0.717) is 28.5 Å². The lowest BCUT2D eigenvalue weighted by molar-refractivity contribution is 0.190. The van der Waals surface area contributed by atoms with E-state index in [9.17, 15) is 5.11 Å². The third-order valence-corrected chi connectivity index (χ3v) is 4.38. The first-order valence-electron chi connectivity index (χ1n) is 8.46. The maximum Gasteiger partial charge on any atom is 0.196 e. The molecule has 0 aliphatic heterocycles. The second kappa shape index (κ2) is 7.13. The summed E-state index contributed by atoms with van der Waals surface area (Å²) < 4.78 is 16.4. The number of fused-ring (bicyclic) bond motifs is 3. The fraction of sp³-hybridized carbons (Fsp3) is 0.200. The molecule has 0 aliphatic rings. The minimum absolute atomic E-state index is 0.236. The molecule has 27 heavy (non-hydrogen) atoms. The van der Waals surface area contributed by atoms with Crippen molar-refractivity contribution in [1.82, 2.24) is 9.97 Å². The minimum Gasteiger partial charge on any atom is -0.497 e. The topological polar surface area (TPSA) is 89.6 Å². The summed E-state index contributed by atoms with van der Waals surface area (Å²) in [5, 5.41) is 14.7. The minimum atomic E-state index is -0.789. The van der Waals surface area contributed by atoms with Crippen molar-refractivity contribution in [2.45, 2.75) is 6.10 Å². The Bertz CT molecular complexity index is 1070. The molecule has 2 N–H and O–H groups in total. The number of benzene rings is 2. The molecule has 1 atom stereocenters. The normalized spacial score (nSPS) is 12.3. The molecule has 2 aromatic heterocycles. The van der Waals surface area contributed by atoms with Crippen LogP contribution in [0.5, 0.6) is 11.5 Å². The van der Waals surface area contributed by atoms with Crippen LogP contribution in [0, 0.1) is 0 Å². The molecule has 0 aliphatic carbocycles. The zero-order chi connectivity index (χ0) is 18.8. The predicted octanol–water partition coefficient (Wildman–Crippen LogP) is 3.54. The van der Waals surface area contributed by atoms with Crippen molar-refractivity contribution in [1.29, 1.82) is 0 Å². The second-order valence-corrected chi connectivity index (χ2v) is 6.04. The van der Waals surface area contributed by atoms with Gasteiger partial charge in [0.25, 0.3) is 0 Å². The van der Waals surface area contributed by atoms with Crippen LogP contribution in [-0.2, 0) is 0 Å². The molecule has 2 heterocycles. The van der Waals surface area contributed by atoms with Crippen molar-refractivity contribution in [3.8, 4) is 11.5 Å². The molecule has 0 fully saturated rings. The van der Waals surface area contributed by atoms with Gasteiger partial charge >= 0.3 is 0 Å². The first kappa shape index (κ1) is 17.1. The Balaban J connectivity index is 1.60. The van der Waals surface area contributed by atoms with Crippen LogP contribution in [0.1, 0.15) is 11.7 Å². The average molecular weight is 365 g/mol. The highest BCUT2D eigenvalue weighted by Crippen LogP contribution is 2.31. The quantitative estimate of drug-likeness (QED) is 0.540. The van der Waals surface area contributed by atoms with E-state index in [1.807, 2.05) is 24.3 Å². The van der Waals surface area contributed by atoms with Crippen LogP contribution in [0.25, 0.3) is 22.1 Å². The number of aliphatic hydroxyl groups is 1. The molecular weight excluding hydrogens is 346 g/mol. The van der Waals surface area contributed by atoms with Crippen LogP contribution in [0.2, 0.25) is 0 Å². The van der Waals surface area contributed by atoms with E-state index in [0.717, 1.165) is 16.5 Å². The molecule has 7 nitrogen and oxygen atoms in total. The van der Waals surface area contributed by atoms with Crippen molar-refractivity contribution in [3.05, 3.63) is 54.4 Å². The molecule has 0 radical (unpaired) electrons. The van der Waals surface area contributed by atoms with E-state index >= 15 is 0 Å². The van der Waals surface area contributed by atoms with Crippen LogP contribution >= 0.6 is 0 Å². The van der Waals surface area contributed by atoms with Gasteiger partial charge in [0.1, 0.15) is 28.9 Å². The van der Waals surface area contributed by atoms with Gasteiger partial charge in [0, 0.05) is 18.0 Å². The Hall–Kier alpha value is -3.32. The van der Waals surface area contributed by atoms with Gasteiger partial charge in [-0.25, -0.2) is 9.97 Å². The molecule has 0 saturated heterocycles. The number of para-hydroxylation sites is 1. The summed E-state index contributed by atoms with van der Waals surface area (Å²) in [6.07, 6.45) is 0.691. The summed E-state index contributed by atoms with van der Waals surface area (Å²) in [5.74, 6) is 1.76. The first-order chi connectivity index (χ1) is 13.2. The van der Waals surface area contributed by atoms with Crippen LogP contribution < -0.4 is 14.8 Å². The number of aromatic nitrogens is 2. The van der Waals surface area contributed by atoms with Gasteiger partial charge in [-0.2, -0.15) is 0 Å². The van der Waals surface area contributed by atoms with Crippen LogP contribution in [0.3, 0.4) is 0 Å². The van der Waals surface area contributed by atoms with Gasteiger partial charge in [-0.1, -0.05) is 12.1 Å². The van der Waals surface area contributed by atoms with Gasteiger partial charge in [-0.3, -0.25) is 0 Å². The number of furan rings is 1. The van der Waals surface area contributed by atoms with Crippen molar-refractivity contribution in [2.75, 3.05) is 26.1 Å². The maximum absolute atomic E-state index is 10.6. The van der Waals surface area contributed by atoms with E-state index in [2.05, 4.69) is 15.3 Å². The number of anilines is 1. The van der Waals surface area contributed by atoms with Gasteiger partial charge in [0.05, 0.1) is 20.3 Å². The van der Waals surface area contributed by atoms with E-state index in [-0.39, 0.29) is 6.54 Å². The zero-order valence-electron chi connectivity index (χ0n) is 15.0. The fourth-order valence-electron chi connectivity index (χ4n) is 2.98. The highest BCUT2D eigenvalue weighted by atomic mass is 16.5. The summed E-state index contributed by atoms with van der Waals surface area (Å²) in [6.45, 7) is 0.236. The van der Waals surface area contributed by atoms with Crippen molar-refractivity contribution >= 4 is 27.9 Å². The standard InChI is InChI=1S/C20H19N3O4/c1-25-13-7-12(8-14(9-13)26-2)16(24)10-21-20-19-18(22-11-23-20)15-5-3-4-6-17(15)27-19/h3-9,11,16,24H,10H2,1-2H3,(H,21,22,23). The number of aliphatic hydroxyl groups excluding tert-OH is 1. The number of methoxy groups -OCH3 is 2. The lowest BCUT2D eigenvalue weighted by Gasteiger charge is -2.15. The lowest BCUT2D eigenvalue weighted by Crippen LogP contribution is -2.13. The average Bonchev–Trinajstić information content (AvgIpc) is 3.10. The molecule has 4 aromatic rings. The van der Waals surface area contributed by atoms with Gasteiger partial charge < -0.3 is 24.3 Å². The van der Waals surface area contributed by atoms with Crippen LogP contribution in [0.4, 0.5) is 5.82 Å². The maximum atomic E-state index is 10.6. The number of hydrogen-bond donors (Lipinski definition) is 2. The Morgan fingerprint density at radius 3 is 2.56 bits per heavy atom. The zero-order valence-corrected chi connectivity index (χ0v) is 15.0. The highest BCUT2D eigenvalue weighted by Gasteiger charge is 2.15. The number of ether oxygens (including phenoxy) is 2. The molecule has 1 unspecified atom stereocenters. The summed E-state index contributed by atoms with van der Waals surface area (Å²) in [5.41, 5.74) is 2.72. The van der Waals surface area contributed by atoms with Gasteiger partial charge in [0.15, 0.2) is 11.4 Å². The Labute approximate surface area is 155 Å². The van der Waals surface area contributed by atoms with Gasteiger partial charge in [0.2, 0.25) is 0 Å². The molecule has 0 spiro atoms. The van der Waals surface area contributed by atoms with Crippen molar-refractivity contribution < 1.29 is 19.0 Å². The number of nitrogens with one attached hydrogen (secondary N) is 1. The lowest BCUT2D eigenvalue weighted by atomic mass is 10.1. The molecule has 0 bridgehead atoms. The molecule has 4 rings (SSSR count). The molecule has 7 heteroatoms. The fourth-order valence-corrected chi connectivity index (χ4v) is 2.98. The Morgan fingerprint density at radius 1 is 1.07 bits per heavy atom. The third-order valence-electron chi connectivity index (χ3n) is 4.38. The Morgan fingerprint density at radius 2 is 1.81 bits per heavy atom. The monoisotopic (exact) mass is 365 g/mol. The van der Waals surface area contributed by atoms with Crippen LogP contribution in [0.15, 0.2) is 53.2 Å². The smallest absolute Gasteiger partial charge is 0.196 e. The van der Waals surface area contributed by atoms with E-state index in [1.54, 1.807) is 32.4 Å².